The first-order chi connectivity index (χ1) is 16.8. The average molecular weight is 532 g/mol. The van der Waals surface area contributed by atoms with Gasteiger partial charge in [-0.15, -0.1) is 0 Å². The molecule has 5 nitrogen and oxygen atoms in total. The minimum Gasteiger partial charge on any atom is -0.333 e. The Bertz CT molecular complexity index is 1210. The van der Waals surface area contributed by atoms with Gasteiger partial charge in [0.15, 0.2) is 0 Å². The average Bonchev–Trinajstić information content (AvgIpc) is 2.82. The molecule has 35 heavy (non-hydrogen) atoms. The first-order valence-corrected chi connectivity index (χ1v) is 12.8. The maximum atomic E-state index is 13.2. The van der Waals surface area contributed by atoms with Crippen LogP contribution in [0.1, 0.15) is 37.9 Å². The monoisotopic (exact) mass is 530 g/mol. The van der Waals surface area contributed by atoms with E-state index in [1.807, 2.05) is 30.3 Å². The Morgan fingerprint density at radius 2 is 1.54 bits per heavy atom. The third-order valence-electron chi connectivity index (χ3n) is 6.06. The molecule has 0 saturated heterocycles. The number of nitrogens with zero attached hydrogens (tertiary/aromatic N) is 1. The van der Waals surface area contributed by atoms with Gasteiger partial charge < -0.3 is 16.0 Å². The number of para-hydroxylation sites is 1. The molecule has 3 aromatic carbocycles. The standard InChI is InChI=1S/C27H29Cl3N4O/c1-16(2)31-11-12-32-17(3)18-13-20(19-7-4-5-8-22(19)28)21-15-33-27(35)34(25(21)14-18)26-23(29)9-6-10-24(26)30/h4-10,13-14,16-17,31-32H,11-12,15H2,1-3H3,(H,33,35). The number of carbonyl (C=O) groups excluding carboxylic acids is 1. The first kappa shape index (κ1) is 25.8. The summed E-state index contributed by atoms with van der Waals surface area (Å²) in [6, 6.07) is 17.3. The van der Waals surface area contributed by atoms with Gasteiger partial charge in [0.2, 0.25) is 0 Å². The summed E-state index contributed by atoms with van der Waals surface area (Å²) in [5.74, 6) is 0. The molecule has 0 spiro atoms. The van der Waals surface area contributed by atoms with Crippen LogP contribution in [0.3, 0.4) is 0 Å². The molecule has 0 bridgehead atoms. The van der Waals surface area contributed by atoms with Crippen molar-refractivity contribution in [1.82, 2.24) is 16.0 Å². The van der Waals surface area contributed by atoms with Crippen LogP contribution in [-0.4, -0.2) is 25.2 Å². The Hall–Kier alpha value is -2.28. The van der Waals surface area contributed by atoms with E-state index in [2.05, 4.69) is 42.8 Å². The van der Waals surface area contributed by atoms with Crippen molar-refractivity contribution in [3.05, 3.63) is 80.8 Å². The fraction of sp³-hybridized carbons (Fsp3) is 0.296. The second kappa shape index (κ2) is 11.2. The molecular formula is C27H29Cl3N4O. The van der Waals surface area contributed by atoms with Gasteiger partial charge in [-0.05, 0) is 48.4 Å². The number of benzene rings is 3. The topological polar surface area (TPSA) is 56.4 Å². The van der Waals surface area contributed by atoms with Crippen LogP contribution >= 0.6 is 34.8 Å². The first-order valence-electron chi connectivity index (χ1n) is 11.7. The van der Waals surface area contributed by atoms with Crippen LogP contribution in [0.4, 0.5) is 16.2 Å². The molecule has 2 amide bonds. The van der Waals surface area contributed by atoms with Gasteiger partial charge in [0.25, 0.3) is 0 Å². The lowest BCUT2D eigenvalue weighted by molar-refractivity contribution is 0.247. The van der Waals surface area contributed by atoms with Gasteiger partial charge in [0.05, 0.1) is 21.4 Å². The molecule has 1 aliphatic rings. The van der Waals surface area contributed by atoms with E-state index in [0.29, 0.717) is 33.3 Å². The fourth-order valence-electron chi connectivity index (χ4n) is 4.28. The molecule has 0 saturated carbocycles. The molecule has 1 atom stereocenters. The van der Waals surface area contributed by atoms with Crippen molar-refractivity contribution >= 4 is 52.2 Å². The quantitative estimate of drug-likeness (QED) is 0.267. The molecule has 1 aliphatic heterocycles. The third-order valence-corrected chi connectivity index (χ3v) is 7.00. The Kier molecular flexibility index (Phi) is 8.25. The SMILES string of the molecule is CC(C)NCCNC(C)c1cc(-c2ccccc2Cl)c2c(c1)N(c1c(Cl)cccc1Cl)C(=O)NC2. The summed E-state index contributed by atoms with van der Waals surface area (Å²) < 4.78 is 0. The number of anilines is 2. The molecule has 1 heterocycles. The molecule has 3 N–H and O–H groups in total. The van der Waals surface area contributed by atoms with Crippen molar-refractivity contribution < 1.29 is 4.79 Å². The van der Waals surface area contributed by atoms with Crippen molar-refractivity contribution in [3.63, 3.8) is 0 Å². The van der Waals surface area contributed by atoms with Crippen molar-refractivity contribution in [1.29, 1.82) is 0 Å². The van der Waals surface area contributed by atoms with Crippen LogP contribution < -0.4 is 20.9 Å². The zero-order valence-corrected chi connectivity index (χ0v) is 22.2. The highest BCUT2D eigenvalue weighted by Crippen LogP contribution is 2.45. The normalized spacial score (nSPS) is 14.1. The second-order valence-electron chi connectivity index (χ2n) is 8.90. The number of hydrogen-bond acceptors (Lipinski definition) is 3. The molecular weight excluding hydrogens is 503 g/mol. The third kappa shape index (κ3) is 5.60. The summed E-state index contributed by atoms with van der Waals surface area (Å²) in [6.07, 6.45) is 0. The minimum atomic E-state index is -0.281. The maximum Gasteiger partial charge on any atom is 0.326 e. The summed E-state index contributed by atoms with van der Waals surface area (Å²) in [5, 5.41) is 11.4. The van der Waals surface area contributed by atoms with E-state index in [1.54, 1.807) is 23.1 Å². The van der Waals surface area contributed by atoms with Gasteiger partial charge in [-0.3, -0.25) is 4.90 Å². The smallest absolute Gasteiger partial charge is 0.326 e. The molecule has 0 fully saturated rings. The van der Waals surface area contributed by atoms with Gasteiger partial charge >= 0.3 is 6.03 Å². The van der Waals surface area contributed by atoms with Gasteiger partial charge in [0, 0.05) is 47.9 Å². The van der Waals surface area contributed by atoms with Crippen LogP contribution in [0.15, 0.2) is 54.6 Å². The van der Waals surface area contributed by atoms with Gasteiger partial charge in [-0.1, -0.05) is 72.9 Å². The van der Waals surface area contributed by atoms with E-state index < -0.39 is 0 Å². The summed E-state index contributed by atoms with van der Waals surface area (Å²) in [6.45, 7) is 8.40. The predicted octanol–water partition coefficient (Wildman–Crippen LogP) is 7.32. The molecule has 184 valence electrons. The largest absolute Gasteiger partial charge is 0.333 e. The highest BCUT2D eigenvalue weighted by molar-refractivity contribution is 6.40. The van der Waals surface area contributed by atoms with Gasteiger partial charge in [0.1, 0.15) is 0 Å². The number of fused-ring (bicyclic) bond motifs is 1. The highest BCUT2D eigenvalue weighted by Gasteiger charge is 2.31. The number of urea groups is 1. The number of hydrogen-bond donors (Lipinski definition) is 3. The van der Waals surface area contributed by atoms with Crippen molar-refractivity contribution in [3.8, 4) is 11.1 Å². The lowest BCUT2D eigenvalue weighted by atomic mass is 9.91. The number of rotatable bonds is 8. The molecule has 0 aliphatic carbocycles. The Labute approximate surface area is 221 Å². The zero-order chi connectivity index (χ0) is 25.1. The Balaban J connectivity index is 1.85. The van der Waals surface area contributed by atoms with E-state index in [4.69, 9.17) is 34.8 Å². The van der Waals surface area contributed by atoms with Crippen LogP contribution in [0, 0.1) is 0 Å². The van der Waals surface area contributed by atoms with E-state index in [0.717, 1.165) is 41.0 Å². The lowest BCUT2D eigenvalue weighted by Crippen LogP contribution is -2.42. The molecule has 0 aromatic heterocycles. The lowest BCUT2D eigenvalue weighted by Gasteiger charge is -2.34. The fourth-order valence-corrected chi connectivity index (χ4v) is 5.08. The highest BCUT2D eigenvalue weighted by atomic mass is 35.5. The summed E-state index contributed by atoms with van der Waals surface area (Å²) in [7, 11) is 0. The van der Waals surface area contributed by atoms with Crippen molar-refractivity contribution in [2.24, 2.45) is 0 Å². The second-order valence-corrected chi connectivity index (χ2v) is 10.1. The number of carbonyl (C=O) groups is 1. The predicted molar refractivity (Wildman–Crippen MR) is 147 cm³/mol. The van der Waals surface area contributed by atoms with E-state index in [9.17, 15) is 4.79 Å². The molecule has 4 rings (SSSR count). The summed E-state index contributed by atoms with van der Waals surface area (Å²) in [5.41, 5.74) is 5.05. The van der Waals surface area contributed by atoms with Crippen molar-refractivity contribution in [2.45, 2.75) is 39.4 Å². The zero-order valence-electron chi connectivity index (χ0n) is 20.0. The summed E-state index contributed by atoms with van der Waals surface area (Å²) in [4.78, 5) is 14.7. The van der Waals surface area contributed by atoms with Gasteiger partial charge in [-0.25, -0.2) is 4.79 Å². The van der Waals surface area contributed by atoms with E-state index in [1.165, 1.54) is 0 Å². The van der Waals surface area contributed by atoms with Gasteiger partial charge in [-0.2, -0.15) is 0 Å². The van der Waals surface area contributed by atoms with E-state index >= 15 is 0 Å². The maximum absolute atomic E-state index is 13.2. The Morgan fingerprint density at radius 3 is 2.23 bits per heavy atom. The number of amides is 2. The number of nitrogens with one attached hydrogen (secondary N) is 3. The van der Waals surface area contributed by atoms with Crippen LogP contribution in [-0.2, 0) is 6.54 Å². The summed E-state index contributed by atoms with van der Waals surface area (Å²) >= 11 is 19.7. The van der Waals surface area contributed by atoms with E-state index in [-0.39, 0.29) is 12.1 Å². The van der Waals surface area contributed by atoms with Crippen LogP contribution in [0.5, 0.6) is 0 Å². The van der Waals surface area contributed by atoms with Crippen LogP contribution in [0.25, 0.3) is 11.1 Å². The minimum absolute atomic E-state index is 0.0315. The Morgan fingerprint density at radius 1 is 0.886 bits per heavy atom. The molecule has 3 aromatic rings. The molecule has 1 unspecified atom stereocenters. The number of halogens is 3. The molecule has 8 heteroatoms. The van der Waals surface area contributed by atoms with Crippen molar-refractivity contribution in [2.75, 3.05) is 18.0 Å². The molecule has 0 radical (unpaired) electrons. The van der Waals surface area contributed by atoms with Crippen LogP contribution in [0.2, 0.25) is 15.1 Å².